The van der Waals surface area contributed by atoms with Gasteiger partial charge in [-0.05, 0) is 0 Å². The average molecular weight is 678 g/mol. The molecule has 4 aromatic rings. The summed E-state index contributed by atoms with van der Waals surface area (Å²) in [5.41, 5.74) is 7.29. The first-order valence-electron chi connectivity index (χ1n) is 14.4. The van der Waals surface area contributed by atoms with Gasteiger partial charge in [-0.25, -0.2) is 0 Å². The van der Waals surface area contributed by atoms with Crippen molar-refractivity contribution in [2.45, 2.75) is 52.6 Å². The Bertz CT molecular complexity index is 1620. The topological polar surface area (TPSA) is 3.24 Å². The number of nitrogens with zero attached hydrogens (tertiary/aromatic N) is 1. The fraction of sp³-hybridized carbons (Fsp3) is 0.222. The van der Waals surface area contributed by atoms with E-state index in [4.69, 9.17) is 0 Å². The summed E-state index contributed by atoms with van der Waals surface area (Å²) in [4.78, 5) is 2.69. The first-order chi connectivity index (χ1) is 18.9. The van der Waals surface area contributed by atoms with Crippen molar-refractivity contribution in [3.8, 4) is 11.1 Å². The summed E-state index contributed by atoms with van der Waals surface area (Å²) >= 11 is -4.49. The van der Waals surface area contributed by atoms with Gasteiger partial charge in [0, 0.05) is 0 Å². The van der Waals surface area contributed by atoms with Crippen molar-refractivity contribution in [1.82, 2.24) is 0 Å². The van der Waals surface area contributed by atoms with Crippen molar-refractivity contribution in [2.75, 3.05) is 4.90 Å². The smallest absolute Gasteiger partial charge is 0.147 e. The van der Waals surface area contributed by atoms with Crippen molar-refractivity contribution >= 4 is 47.2 Å². The average Bonchev–Trinajstić information content (AvgIpc) is 3.62. The standard InChI is InChI=1S/C19H22N.2C6H5.C5H5.2ClH.H2Si.Zr/c1-13(2)20(14(3)4)17-9-10-19-16(12-17)11-15-7-5-6-8-18(15)19;2*1-2-4-6-5-3-1;1-2-4-5-3-1;;;;/h5-10,13-14H,11H2,1-4H3;2*1-5H;1-3H,4H2;2*1H;1H2;. The minimum Gasteiger partial charge on any atom is -0.147 e. The quantitative estimate of drug-likeness (QED) is 0.167. The van der Waals surface area contributed by atoms with E-state index in [2.05, 4.69) is 155 Å². The Balaban J connectivity index is 0.00000194. The summed E-state index contributed by atoms with van der Waals surface area (Å²) < 4.78 is 6.37. The molecule has 0 aliphatic heterocycles. The zero-order valence-corrected chi connectivity index (χ0v) is 30.0. The zero-order valence-electron chi connectivity index (χ0n) is 24.5. The molecule has 212 valence electrons. The second-order valence-corrected chi connectivity index (χ2v) is 33.1. The Morgan fingerprint density at radius 2 is 1.24 bits per heavy atom. The van der Waals surface area contributed by atoms with E-state index in [1.165, 1.54) is 28.9 Å². The van der Waals surface area contributed by atoms with Crippen LogP contribution in [0.15, 0.2) is 119 Å². The molecule has 0 bridgehead atoms. The monoisotopic (exact) mass is 675 g/mol. The Hall–Kier alpha value is -2.16. The van der Waals surface area contributed by atoms with E-state index in [0.717, 1.165) is 12.8 Å². The molecule has 0 fully saturated rings. The van der Waals surface area contributed by atoms with E-state index >= 15 is 0 Å². The van der Waals surface area contributed by atoms with Crippen molar-refractivity contribution in [3.63, 3.8) is 0 Å². The minimum absolute atomic E-state index is 0. The maximum absolute atomic E-state index is 4.49. The van der Waals surface area contributed by atoms with Crippen LogP contribution in [0, 0.1) is 0 Å². The van der Waals surface area contributed by atoms with Gasteiger partial charge in [0.25, 0.3) is 0 Å². The van der Waals surface area contributed by atoms with Gasteiger partial charge >= 0.3 is 238 Å². The SMILES string of the molecule is CC(C)N(c1ccc2c([c]1[Zr](=[SiH2])([C]1=CC=CC1)([c]1ccccc1)[c]1ccccc1)Cc1ccccc1-2)C(C)C.Cl.Cl. The van der Waals surface area contributed by atoms with Gasteiger partial charge in [-0.3, -0.25) is 0 Å². The molecule has 0 heterocycles. The fourth-order valence-corrected chi connectivity index (χ4v) is 30.4. The molecular weight excluding hydrogens is 637 g/mol. The second kappa shape index (κ2) is 12.2. The van der Waals surface area contributed by atoms with Gasteiger partial charge in [-0.1, -0.05) is 0 Å². The maximum atomic E-state index is 2.69. The molecule has 4 aromatic carbocycles. The molecule has 0 saturated carbocycles. The third kappa shape index (κ3) is 4.78. The van der Waals surface area contributed by atoms with Gasteiger partial charge < -0.3 is 0 Å². The van der Waals surface area contributed by atoms with Gasteiger partial charge in [-0.15, -0.1) is 24.8 Å². The summed E-state index contributed by atoms with van der Waals surface area (Å²) in [6.07, 6.45) is 9.20. The van der Waals surface area contributed by atoms with Crippen LogP contribution in [0.5, 0.6) is 0 Å². The van der Waals surface area contributed by atoms with Crippen molar-refractivity contribution in [3.05, 3.63) is 130 Å². The molecule has 1 nitrogen and oxygen atoms in total. The third-order valence-corrected chi connectivity index (χ3v) is 35.2. The Morgan fingerprint density at radius 3 is 1.78 bits per heavy atom. The molecule has 0 atom stereocenters. The minimum atomic E-state index is -4.49. The van der Waals surface area contributed by atoms with Crippen LogP contribution in [0.1, 0.15) is 45.2 Å². The zero-order chi connectivity index (χ0) is 27.2. The Kier molecular flexibility index (Phi) is 9.46. The van der Waals surface area contributed by atoms with Crippen LogP contribution < -0.4 is 14.7 Å². The van der Waals surface area contributed by atoms with E-state index in [9.17, 15) is 0 Å². The molecule has 6 rings (SSSR count). The van der Waals surface area contributed by atoms with Crippen LogP contribution in [-0.4, -0.2) is 19.0 Å². The molecule has 0 saturated heterocycles. The van der Waals surface area contributed by atoms with Gasteiger partial charge in [-0.2, -0.15) is 0 Å². The van der Waals surface area contributed by atoms with Crippen LogP contribution in [0.25, 0.3) is 11.1 Å². The van der Waals surface area contributed by atoms with Gasteiger partial charge in [0.2, 0.25) is 0 Å². The molecular formula is C36H41Cl2NSiZr. The molecule has 2 aliphatic carbocycles. The first kappa shape index (κ1) is 31.8. The molecule has 0 amide bonds. The van der Waals surface area contributed by atoms with Crippen molar-refractivity contribution in [1.29, 1.82) is 0 Å². The summed E-state index contributed by atoms with van der Waals surface area (Å²) in [7, 11) is 0. The molecule has 0 spiro atoms. The number of hydrogen-bond acceptors (Lipinski definition) is 1. The van der Waals surface area contributed by atoms with Crippen LogP contribution >= 0.6 is 24.8 Å². The van der Waals surface area contributed by atoms with Crippen LogP contribution in [0.4, 0.5) is 5.69 Å². The van der Waals surface area contributed by atoms with Crippen LogP contribution in [-0.2, 0) is 23.8 Å². The number of halogens is 2. The first-order valence-corrected chi connectivity index (χ1v) is 25.2. The molecule has 2 aliphatic rings. The number of hydrogen-bond donors (Lipinski definition) is 0. The third-order valence-electron chi connectivity index (χ3n) is 9.21. The number of benzene rings is 4. The summed E-state index contributed by atoms with van der Waals surface area (Å²) in [6, 6.07) is 38.0. The van der Waals surface area contributed by atoms with E-state index < -0.39 is 17.4 Å². The molecule has 0 N–H and O–H groups in total. The van der Waals surface area contributed by atoms with Crippen molar-refractivity contribution in [2.24, 2.45) is 0 Å². The molecule has 41 heavy (non-hydrogen) atoms. The van der Waals surface area contributed by atoms with Gasteiger partial charge in [0.1, 0.15) is 0 Å². The number of fused-ring (bicyclic) bond motifs is 3. The predicted octanol–water partition coefficient (Wildman–Crippen LogP) is 7.08. The molecule has 0 unspecified atom stereocenters. The molecule has 0 radical (unpaired) electrons. The van der Waals surface area contributed by atoms with E-state index in [0.29, 0.717) is 12.1 Å². The second-order valence-electron chi connectivity index (χ2n) is 11.9. The summed E-state index contributed by atoms with van der Waals surface area (Å²) in [5, 5.41) is 0. The number of anilines is 1. The van der Waals surface area contributed by atoms with Crippen molar-refractivity contribution < 1.29 is 17.4 Å². The summed E-state index contributed by atoms with van der Waals surface area (Å²) in [5.74, 6) is 0. The Labute approximate surface area is 261 Å². The maximum Gasteiger partial charge on any atom is -0.147 e. The number of allylic oxidation sites excluding steroid dienone is 4. The van der Waals surface area contributed by atoms with Gasteiger partial charge in [0.15, 0.2) is 0 Å². The summed E-state index contributed by atoms with van der Waals surface area (Å²) in [6.45, 7) is 11.8. The van der Waals surface area contributed by atoms with Crippen LogP contribution in [0.2, 0.25) is 0 Å². The molecule has 5 heteroatoms. The van der Waals surface area contributed by atoms with E-state index in [1.807, 2.05) is 0 Å². The van der Waals surface area contributed by atoms with Crippen LogP contribution in [0.3, 0.4) is 0 Å². The van der Waals surface area contributed by atoms with E-state index in [-0.39, 0.29) is 24.8 Å². The normalized spacial score (nSPS) is 13.8. The predicted molar refractivity (Wildman–Crippen MR) is 184 cm³/mol. The number of rotatable bonds is 7. The largest absolute Gasteiger partial charge is 0.147 e. The van der Waals surface area contributed by atoms with E-state index in [1.54, 1.807) is 12.1 Å². The molecule has 0 aromatic heterocycles. The van der Waals surface area contributed by atoms with Gasteiger partial charge in [0.05, 0.1) is 0 Å². The Morgan fingerprint density at radius 1 is 0.683 bits per heavy atom. The fourth-order valence-electron chi connectivity index (χ4n) is 7.64.